The number of amides is 2. The molecule has 41 heavy (non-hydrogen) atoms. The maximum absolute atomic E-state index is 13.1. The first-order chi connectivity index (χ1) is 19.3. The molecule has 3 heterocycles. The number of aromatic nitrogens is 1. The van der Waals surface area contributed by atoms with Crippen molar-refractivity contribution in [2.75, 3.05) is 51.7 Å². The molecule has 0 spiro atoms. The number of urea groups is 1. The van der Waals surface area contributed by atoms with E-state index in [4.69, 9.17) is 4.74 Å². The molecule has 0 radical (unpaired) electrons. The number of alkyl halides is 6. The molecule has 2 amide bonds. The lowest BCUT2D eigenvalue weighted by molar-refractivity contribution is -0.143. The van der Waals surface area contributed by atoms with E-state index < -0.39 is 41.2 Å². The summed E-state index contributed by atoms with van der Waals surface area (Å²) in [6.07, 6.45) is -8.07. The fraction of sp³-hybridized carbons (Fsp3) is 0.407. The quantitative estimate of drug-likeness (QED) is 0.326. The van der Waals surface area contributed by atoms with E-state index in [1.807, 2.05) is 12.3 Å². The summed E-state index contributed by atoms with van der Waals surface area (Å²) in [6.45, 7) is 4.40. The van der Waals surface area contributed by atoms with Gasteiger partial charge in [-0.1, -0.05) is 6.07 Å². The van der Waals surface area contributed by atoms with Gasteiger partial charge in [-0.3, -0.25) is 9.80 Å². The van der Waals surface area contributed by atoms with Crippen LogP contribution in [0.4, 0.5) is 36.8 Å². The van der Waals surface area contributed by atoms with E-state index in [0.717, 1.165) is 42.6 Å². The lowest BCUT2D eigenvalue weighted by Crippen LogP contribution is -2.64. The van der Waals surface area contributed by atoms with Crippen LogP contribution in [-0.2, 0) is 23.6 Å². The standard InChI is InChI=1S/C27H27F6N5O3/c1-41-24(39)16-2-3-22-17(12-34-23(22)8-16)13-36-4-6-37(7-5-36)21-14-38(15-21)25(40)35-20-10-18(26(28,29)30)9-19(11-20)27(31,32)33/h2-3,8-12,21,34H,4-7,13-15H2,1H3,(H,35,40). The van der Waals surface area contributed by atoms with Gasteiger partial charge in [-0.05, 0) is 35.9 Å². The van der Waals surface area contributed by atoms with Crippen LogP contribution in [0.1, 0.15) is 27.0 Å². The number of rotatable bonds is 5. The Labute approximate surface area is 230 Å². The minimum Gasteiger partial charge on any atom is -0.465 e. The SMILES string of the molecule is COC(=O)c1ccc2c(CN3CCN(C4CN(C(=O)Nc5cc(C(F)(F)F)cc(C(F)(F)F)c5)C4)CC3)c[nH]c2c1. The molecule has 0 bridgehead atoms. The number of carbonyl (C=O) groups excluding carboxylic acids is 2. The lowest BCUT2D eigenvalue weighted by atomic mass is 10.1. The van der Waals surface area contributed by atoms with Crippen LogP contribution in [0.25, 0.3) is 10.9 Å². The van der Waals surface area contributed by atoms with E-state index in [1.54, 1.807) is 12.1 Å². The summed E-state index contributed by atoms with van der Waals surface area (Å²) in [5.41, 5.74) is -1.13. The highest BCUT2D eigenvalue weighted by molar-refractivity contribution is 5.95. The van der Waals surface area contributed by atoms with Crippen molar-refractivity contribution in [1.82, 2.24) is 19.7 Å². The van der Waals surface area contributed by atoms with Crippen molar-refractivity contribution in [3.63, 3.8) is 0 Å². The van der Waals surface area contributed by atoms with Crippen molar-refractivity contribution in [1.29, 1.82) is 0 Å². The minimum atomic E-state index is -4.99. The van der Waals surface area contributed by atoms with Gasteiger partial charge in [0.1, 0.15) is 0 Å². The summed E-state index contributed by atoms with van der Waals surface area (Å²) in [6, 6.07) is 5.69. The van der Waals surface area contributed by atoms with E-state index in [0.29, 0.717) is 37.3 Å². The summed E-state index contributed by atoms with van der Waals surface area (Å²) in [4.78, 5) is 33.4. The molecule has 2 saturated heterocycles. The molecule has 0 unspecified atom stereocenters. The number of carbonyl (C=O) groups is 2. The van der Waals surface area contributed by atoms with Gasteiger partial charge in [0, 0.05) is 74.6 Å². The molecule has 2 aromatic carbocycles. The number of likely N-dealkylation sites (tertiary alicyclic amines) is 1. The summed E-state index contributed by atoms with van der Waals surface area (Å²) < 4.78 is 83.4. The number of fused-ring (bicyclic) bond motifs is 1. The number of anilines is 1. The van der Waals surface area contributed by atoms with Gasteiger partial charge in [0.2, 0.25) is 0 Å². The van der Waals surface area contributed by atoms with Gasteiger partial charge in [0.25, 0.3) is 0 Å². The second-order valence-corrected chi connectivity index (χ2v) is 10.2. The number of halogens is 6. The largest absolute Gasteiger partial charge is 0.465 e. The molecule has 8 nitrogen and oxygen atoms in total. The van der Waals surface area contributed by atoms with E-state index in [-0.39, 0.29) is 12.1 Å². The first-order valence-electron chi connectivity index (χ1n) is 12.8. The molecule has 220 valence electrons. The number of nitrogens with zero attached hydrogens (tertiary/aromatic N) is 3. The smallest absolute Gasteiger partial charge is 0.416 e. The van der Waals surface area contributed by atoms with Crippen LogP contribution in [0.2, 0.25) is 0 Å². The van der Waals surface area contributed by atoms with Gasteiger partial charge in [-0.25, -0.2) is 9.59 Å². The van der Waals surface area contributed by atoms with Crippen molar-refractivity contribution in [3.05, 3.63) is 64.8 Å². The van der Waals surface area contributed by atoms with E-state index in [9.17, 15) is 35.9 Å². The van der Waals surface area contributed by atoms with Crippen LogP contribution < -0.4 is 5.32 Å². The number of H-pyrrole nitrogens is 1. The van der Waals surface area contributed by atoms with Crippen molar-refractivity contribution in [3.8, 4) is 0 Å². The molecule has 2 N–H and O–H groups in total. The van der Waals surface area contributed by atoms with Crippen LogP contribution in [0.3, 0.4) is 0 Å². The average Bonchev–Trinajstić information content (AvgIpc) is 3.29. The Kier molecular flexibility index (Phi) is 7.64. The predicted molar refractivity (Wildman–Crippen MR) is 137 cm³/mol. The van der Waals surface area contributed by atoms with Crippen LogP contribution >= 0.6 is 0 Å². The van der Waals surface area contributed by atoms with Gasteiger partial charge in [-0.2, -0.15) is 26.3 Å². The first kappa shape index (κ1) is 28.7. The van der Waals surface area contributed by atoms with E-state index in [2.05, 4.69) is 20.1 Å². The van der Waals surface area contributed by atoms with Crippen molar-refractivity contribution in [2.45, 2.75) is 24.9 Å². The minimum absolute atomic E-state index is 0.0222. The number of aromatic amines is 1. The predicted octanol–water partition coefficient (Wildman–Crippen LogP) is 5.03. The summed E-state index contributed by atoms with van der Waals surface area (Å²) in [5.74, 6) is -0.405. The molecule has 0 atom stereocenters. The molecular weight excluding hydrogens is 556 g/mol. The third-order valence-corrected chi connectivity index (χ3v) is 7.49. The number of piperazine rings is 1. The van der Waals surface area contributed by atoms with Crippen LogP contribution in [0, 0.1) is 0 Å². The molecular formula is C27H27F6N5O3. The number of hydrogen-bond donors (Lipinski definition) is 2. The molecule has 2 aliphatic rings. The number of methoxy groups -OCH3 is 1. The van der Waals surface area contributed by atoms with Gasteiger partial charge < -0.3 is 19.9 Å². The fourth-order valence-electron chi connectivity index (χ4n) is 5.17. The van der Waals surface area contributed by atoms with Crippen molar-refractivity contribution < 1.29 is 40.7 Å². The number of ether oxygens (including phenoxy) is 1. The van der Waals surface area contributed by atoms with E-state index >= 15 is 0 Å². The third-order valence-electron chi connectivity index (χ3n) is 7.49. The Hall–Kier alpha value is -3.78. The number of nitrogens with one attached hydrogen (secondary N) is 2. The lowest BCUT2D eigenvalue weighted by Gasteiger charge is -2.48. The maximum atomic E-state index is 13.1. The normalized spacial score (nSPS) is 17.5. The highest BCUT2D eigenvalue weighted by atomic mass is 19.4. The zero-order valence-corrected chi connectivity index (χ0v) is 21.9. The number of esters is 1. The molecule has 0 aliphatic carbocycles. The summed E-state index contributed by atoms with van der Waals surface area (Å²) in [7, 11) is 1.33. The molecule has 0 saturated carbocycles. The van der Waals surface area contributed by atoms with Gasteiger partial charge in [0.15, 0.2) is 0 Å². The summed E-state index contributed by atoms with van der Waals surface area (Å²) in [5, 5.41) is 3.20. The maximum Gasteiger partial charge on any atom is 0.416 e. The molecule has 2 fully saturated rings. The number of benzene rings is 2. The van der Waals surface area contributed by atoms with Crippen molar-refractivity contribution in [2.24, 2.45) is 0 Å². The molecule has 1 aromatic heterocycles. The Morgan fingerprint density at radius 2 is 1.59 bits per heavy atom. The monoisotopic (exact) mass is 583 g/mol. The topological polar surface area (TPSA) is 80.9 Å². The Balaban J connectivity index is 1.12. The zero-order valence-electron chi connectivity index (χ0n) is 21.9. The molecule has 2 aliphatic heterocycles. The van der Waals surface area contributed by atoms with Crippen LogP contribution in [-0.4, -0.2) is 84.1 Å². The van der Waals surface area contributed by atoms with Crippen LogP contribution in [0.5, 0.6) is 0 Å². The van der Waals surface area contributed by atoms with Gasteiger partial charge in [-0.15, -0.1) is 0 Å². The average molecular weight is 584 g/mol. The third kappa shape index (κ3) is 6.27. The van der Waals surface area contributed by atoms with Gasteiger partial charge >= 0.3 is 24.4 Å². The molecule has 5 rings (SSSR count). The fourth-order valence-corrected chi connectivity index (χ4v) is 5.17. The first-order valence-corrected chi connectivity index (χ1v) is 12.8. The Morgan fingerprint density at radius 1 is 0.951 bits per heavy atom. The second kappa shape index (κ2) is 10.9. The van der Waals surface area contributed by atoms with Gasteiger partial charge in [0.05, 0.1) is 23.8 Å². The number of hydrogen-bond acceptors (Lipinski definition) is 5. The summed E-state index contributed by atoms with van der Waals surface area (Å²) >= 11 is 0. The van der Waals surface area contributed by atoms with Crippen LogP contribution in [0.15, 0.2) is 42.6 Å². The Bertz CT molecular complexity index is 1410. The highest BCUT2D eigenvalue weighted by Crippen LogP contribution is 2.37. The second-order valence-electron chi connectivity index (χ2n) is 10.2. The molecule has 14 heteroatoms. The van der Waals surface area contributed by atoms with E-state index in [1.165, 1.54) is 12.0 Å². The zero-order chi connectivity index (χ0) is 29.5. The van der Waals surface area contributed by atoms with Crippen molar-refractivity contribution >= 4 is 28.6 Å². The molecule has 3 aromatic rings. The Morgan fingerprint density at radius 3 is 2.17 bits per heavy atom. The highest BCUT2D eigenvalue weighted by Gasteiger charge is 2.39.